The molecule has 2 rings (SSSR count). The van der Waals surface area contributed by atoms with Gasteiger partial charge in [0.1, 0.15) is 6.54 Å². The van der Waals surface area contributed by atoms with E-state index in [1.165, 1.54) is 55.5 Å². The van der Waals surface area contributed by atoms with E-state index in [1.54, 1.807) is 4.90 Å². The van der Waals surface area contributed by atoms with E-state index in [4.69, 9.17) is 0 Å². The highest BCUT2D eigenvalue weighted by Crippen LogP contribution is 2.22. The number of quaternary nitrogens is 1. The van der Waals surface area contributed by atoms with Gasteiger partial charge < -0.3 is 4.90 Å². The van der Waals surface area contributed by atoms with E-state index in [0.29, 0.717) is 0 Å². The summed E-state index contributed by atoms with van der Waals surface area (Å²) in [7, 11) is 0. The van der Waals surface area contributed by atoms with Crippen LogP contribution in [0.25, 0.3) is 5.57 Å². The number of nitrogens with one attached hydrogen (secondary N) is 1. The molecule has 0 bridgehead atoms. The fraction of sp³-hybridized carbons (Fsp3) is 0.360. The quantitative estimate of drug-likeness (QED) is 0.633. The molecule has 0 aliphatic heterocycles. The summed E-state index contributed by atoms with van der Waals surface area (Å²) in [4.78, 5) is 1.62. The van der Waals surface area contributed by atoms with Crippen molar-refractivity contribution in [1.29, 1.82) is 0 Å². The summed E-state index contributed by atoms with van der Waals surface area (Å²) in [5.41, 5.74) is 3.63. The van der Waals surface area contributed by atoms with E-state index in [-0.39, 0.29) is 0 Å². The van der Waals surface area contributed by atoms with E-state index >= 15 is 0 Å². The van der Waals surface area contributed by atoms with Gasteiger partial charge in [-0.2, -0.15) is 0 Å². The smallest absolute Gasteiger partial charge is 0.139 e. The second-order valence-electron chi connectivity index (χ2n) is 6.75. The average Bonchev–Trinajstić information content (AvgIpc) is 2.70. The molecule has 26 heavy (non-hydrogen) atoms. The molecule has 0 fully saturated rings. The van der Waals surface area contributed by atoms with Gasteiger partial charge in [-0.3, -0.25) is 0 Å². The van der Waals surface area contributed by atoms with Gasteiger partial charge in [-0.25, -0.2) is 0 Å². The molecule has 136 valence electrons. The molecule has 0 amide bonds. The van der Waals surface area contributed by atoms with Crippen molar-refractivity contribution in [2.45, 2.75) is 39.5 Å². The normalized spacial score (nSPS) is 10.3. The first-order valence-electron chi connectivity index (χ1n) is 9.98. The first kappa shape index (κ1) is 20.0. The summed E-state index contributed by atoms with van der Waals surface area (Å²) in [5, 5.41) is 0. The van der Waals surface area contributed by atoms with Gasteiger partial charge in [0, 0.05) is 0 Å². The monoisotopic (exact) mass is 346 g/mol. The Morgan fingerprint density at radius 3 is 1.77 bits per heavy atom. The number of allylic oxidation sites excluding steroid dienone is 1. The lowest BCUT2D eigenvalue weighted by Gasteiger charge is -2.15. The third kappa shape index (κ3) is 6.90. The highest BCUT2D eigenvalue weighted by Gasteiger charge is 2.05. The molecule has 0 atom stereocenters. The topological polar surface area (TPSA) is 4.44 Å². The molecule has 2 aromatic rings. The summed E-state index contributed by atoms with van der Waals surface area (Å²) in [6, 6.07) is 21.1. The summed E-state index contributed by atoms with van der Waals surface area (Å²) in [6.07, 6.45) is 7.18. The van der Waals surface area contributed by atoms with Crippen molar-refractivity contribution in [2.75, 3.05) is 19.6 Å². The van der Waals surface area contributed by atoms with Crippen molar-refractivity contribution in [3.63, 3.8) is 0 Å². The zero-order valence-corrected chi connectivity index (χ0v) is 16.3. The Balaban J connectivity index is 2.14. The maximum Gasteiger partial charge on any atom is 0.139 e. The Kier molecular flexibility index (Phi) is 9.33. The Bertz CT molecular complexity index is 655. The van der Waals surface area contributed by atoms with Gasteiger partial charge in [-0.15, -0.1) is 0 Å². The van der Waals surface area contributed by atoms with Crippen LogP contribution >= 0.6 is 0 Å². The van der Waals surface area contributed by atoms with Crippen molar-refractivity contribution in [2.24, 2.45) is 0 Å². The first-order chi connectivity index (χ1) is 12.8. The fourth-order valence-corrected chi connectivity index (χ4v) is 3.02. The van der Waals surface area contributed by atoms with Crippen molar-refractivity contribution in [3.05, 3.63) is 77.9 Å². The molecule has 0 unspecified atom stereocenters. The highest BCUT2D eigenvalue weighted by atomic mass is 15.1. The van der Waals surface area contributed by atoms with E-state index in [9.17, 15) is 0 Å². The number of hydrogen-bond acceptors (Lipinski definition) is 0. The molecular formula is C25H32N+. The van der Waals surface area contributed by atoms with Crippen LogP contribution in [0.1, 0.15) is 50.7 Å². The number of benzene rings is 2. The van der Waals surface area contributed by atoms with Crippen LogP contribution in [0.2, 0.25) is 0 Å². The minimum Gasteiger partial charge on any atom is -0.325 e. The number of rotatable bonds is 9. The highest BCUT2D eigenvalue weighted by molar-refractivity contribution is 5.81. The Morgan fingerprint density at radius 2 is 1.31 bits per heavy atom. The van der Waals surface area contributed by atoms with Crippen LogP contribution in [0, 0.1) is 11.8 Å². The van der Waals surface area contributed by atoms with Gasteiger partial charge in [0.15, 0.2) is 0 Å². The SMILES string of the molecule is CCCC[NH+](CC#CC=C(c1ccccc1)c1ccccc1)CCCC. The lowest BCUT2D eigenvalue weighted by molar-refractivity contribution is -0.893. The molecule has 2 aromatic carbocycles. The van der Waals surface area contributed by atoms with Gasteiger partial charge in [0.25, 0.3) is 0 Å². The Hall–Kier alpha value is -2.30. The van der Waals surface area contributed by atoms with Crippen LogP contribution in [0.5, 0.6) is 0 Å². The summed E-state index contributed by atoms with van der Waals surface area (Å²) in [5.74, 6) is 6.74. The van der Waals surface area contributed by atoms with E-state index < -0.39 is 0 Å². The van der Waals surface area contributed by atoms with Crippen LogP contribution < -0.4 is 4.90 Å². The molecule has 0 spiro atoms. The molecule has 0 aliphatic rings. The minimum atomic E-state index is 0.938. The molecule has 0 heterocycles. The summed E-state index contributed by atoms with van der Waals surface area (Å²) >= 11 is 0. The van der Waals surface area contributed by atoms with Gasteiger partial charge in [-0.1, -0.05) is 93.3 Å². The summed E-state index contributed by atoms with van der Waals surface area (Å²) in [6.45, 7) is 7.93. The molecule has 1 N–H and O–H groups in total. The van der Waals surface area contributed by atoms with Crippen molar-refractivity contribution in [1.82, 2.24) is 0 Å². The lowest BCUT2D eigenvalue weighted by atomic mass is 9.98. The Labute approximate surface area is 159 Å². The molecule has 0 aliphatic carbocycles. The largest absolute Gasteiger partial charge is 0.325 e. The molecule has 0 saturated heterocycles. The zero-order valence-electron chi connectivity index (χ0n) is 16.3. The second kappa shape index (κ2) is 12.1. The van der Waals surface area contributed by atoms with E-state index in [0.717, 1.165) is 6.54 Å². The van der Waals surface area contributed by atoms with Crippen molar-refractivity contribution in [3.8, 4) is 11.8 Å². The third-order valence-electron chi connectivity index (χ3n) is 4.59. The van der Waals surface area contributed by atoms with Crippen LogP contribution in [0.15, 0.2) is 66.7 Å². The second-order valence-corrected chi connectivity index (χ2v) is 6.75. The third-order valence-corrected chi connectivity index (χ3v) is 4.59. The zero-order chi connectivity index (χ0) is 18.5. The number of unbranched alkanes of at least 4 members (excludes halogenated alkanes) is 2. The van der Waals surface area contributed by atoms with Gasteiger partial charge in [0.05, 0.1) is 13.1 Å². The number of hydrogen-bond donors (Lipinski definition) is 1. The molecule has 0 radical (unpaired) electrons. The predicted molar refractivity (Wildman–Crippen MR) is 113 cm³/mol. The molecule has 0 saturated carbocycles. The van der Waals surface area contributed by atoms with E-state index in [1.807, 2.05) is 0 Å². The van der Waals surface area contributed by atoms with Crippen molar-refractivity contribution >= 4 is 5.57 Å². The van der Waals surface area contributed by atoms with E-state index in [2.05, 4.69) is 92.4 Å². The van der Waals surface area contributed by atoms with Crippen LogP contribution in [0.4, 0.5) is 0 Å². The maximum absolute atomic E-state index is 3.41. The standard InChI is InChI=1S/C25H31N/c1-3-5-20-26(21-6-4-2)22-14-13-19-25(23-15-9-7-10-16-23)24-17-11-8-12-18-24/h7-12,15-19H,3-6,20-22H2,1-2H3/p+1. The van der Waals surface area contributed by atoms with Gasteiger partial charge >= 0.3 is 0 Å². The van der Waals surface area contributed by atoms with Crippen molar-refractivity contribution < 1.29 is 4.90 Å². The molecule has 1 heteroatoms. The van der Waals surface area contributed by atoms with Crippen LogP contribution in [0.3, 0.4) is 0 Å². The summed E-state index contributed by atoms with van der Waals surface area (Å²) < 4.78 is 0. The average molecular weight is 347 g/mol. The van der Waals surface area contributed by atoms with Crippen LogP contribution in [-0.4, -0.2) is 19.6 Å². The minimum absolute atomic E-state index is 0.938. The molecule has 1 nitrogen and oxygen atoms in total. The van der Waals surface area contributed by atoms with Gasteiger partial charge in [-0.05, 0) is 41.5 Å². The lowest BCUT2D eigenvalue weighted by Crippen LogP contribution is -3.12. The maximum atomic E-state index is 3.41. The van der Waals surface area contributed by atoms with Crippen LogP contribution in [-0.2, 0) is 0 Å². The first-order valence-corrected chi connectivity index (χ1v) is 9.98. The molecule has 0 aromatic heterocycles. The molecular weight excluding hydrogens is 314 g/mol. The Morgan fingerprint density at radius 1 is 0.808 bits per heavy atom. The van der Waals surface area contributed by atoms with Gasteiger partial charge in [0.2, 0.25) is 0 Å². The predicted octanol–water partition coefficient (Wildman–Crippen LogP) is 4.61. The fourth-order valence-electron chi connectivity index (χ4n) is 3.02.